The van der Waals surface area contributed by atoms with Crippen LogP contribution in [0.15, 0.2) is 47.5 Å². The highest BCUT2D eigenvalue weighted by atomic mass is 35.5. The quantitative estimate of drug-likeness (QED) is 0.343. The summed E-state index contributed by atoms with van der Waals surface area (Å²) in [6, 6.07) is 11.5. The molecule has 0 saturated heterocycles. The van der Waals surface area contributed by atoms with E-state index in [9.17, 15) is 4.39 Å². The van der Waals surface area contributed by atoms with Crippen molar-refractivity contribution in [1.82, 2.24) is 5.43 Å². The van der Waals surface area contributed by atoms with Crippen LogP contribution in [0.3, 0.4) is 0 Å². The Hall–Kier alpha value is -1.82. The molecule has 4 N–H and O–H groups in total. The third kappa shape index (κ3) is 3.60. The van der Waals surface area contributed by atoms with E-state index < -0.39 is 5.82 Å². The Labute approximate surface area is 125 Å². The minimum Gasteiger partial charge on any atom is -0.325 e. The van der Waals surface area contributed by atoms with Crippen LogP contribution in [0.2, 0.25) is 10.0 Å². The van der Waals surface area contributed by atoms with Crippen LogP contribution >= 0.6 is 23.2 Å². The van der Waals surface area contributed by atoms with Gasteiger partial charge in [-0.15, -0.1) is 0 Å². The molecule has 0 heterocycles. The van der Waals surface area contributed by atoms with E-state index in [1.165, 1.54) is 0 Å². The third-order valence-electron chi connectivity index (χ3n) is 2.38. The molecule has 104 valence electrons. The fourth-order valence-corrected chi connectivity index (χ4v) is 2.05. The summed E-state index contributed by atoms with van der Waals surface area (Å²) in [4.78, 5) is 4.15. The summed E-state index contributed by atoms with van der Waals surface area (Å²) < 4.78 is 13.1. The lowest BCUT2D eigenvalue weighted by Gasteiger charge is -2.10. The van der Waals surface area contributed by atoms with E-state index in [2.05, 4.69) is 15.7 Å². The highest BCUT2D eigenvalue weighted by Gasteiger charge is 2.09. The van der Waals surface area contributed by atoms with E-state index in [0.717, 1.165) is 17.8 Å². The first-order valence-corrected chi connectivity index (χ1v) is 6.37. The van der Waals surface area contributed by atoms with Crippen LogP contribution < -0.4 is 16.6 Å². The second-order valence-electron chi connectivity index (χ2n) is 3.81. The second kappa shape index (κ2) is 6.56. The van der Waals surface area contributed by atoms with Crippen LogP contribution in [-0.2, 0) is 0 Å². The molecule has 7 heteroatoms. The fraction of sp³-hybridized carbons (Fsp3) is 0. The average molecular weight is 313 g/mol. The number of nitrogens with two attached hydrogens (primary N) is 1. The molecule has 4 nitrogen and oxygen atoms in total. The molecule has 2 aromatic rings. The summed E-state index contributed by atoms with van der Waals surface area (Å²) in [6.45, 7) is 0. The van der Waals surface area contributed by atoms with E-state index in [1.807, 2.05) is 30.3 Å². The van der Waals surface area contributed by atoms with Crippen molar-refractivity contribution in [2.75, 3.05) is 5.32 Å². The third-order valence-corrected chi connectivity index (χ3v) is 2.95. The lowest BCUT2D eigenvalue weighted by atomic mass is 10.3. The molecule has 0 bridgehead atoms. The van der Waals surface area contributed by atoms with Crippen molar-refractivity contribution in [2.45, 2.75) is 0 Å². The molecular weight excluding hydrogens is 302 g/mol. The summed E-state index contributed by atoms with van der Waals surface area (Å²) in [5.41, 5.74) is 3.40. The Morgan fingerprint density at radius 2 is 1.70 bits per heavy atom. The number of hydrogen-bond acceptors (Lipinski definition) is 2. The van der Waals surface area contributed by atoms with Crippen molar-refractivity contribution in [3.05, 3.63) is 58.3 Å². The number of benzene rings is 2. The van der Waals surface area contributed by atoms with Crippen molar-refractivity contribution in [1.29, 1.82) is 0 Å². The zero-order valence-corrected chi connectivity index (χ0v) is 11.7. The Morgan fingerprint density at radius 3 is 2.25 bits per heavy atom. The predicted octanol–water partition coefficient (Wildman–Crippen LogP) is 3.70. The van der Waals surface area contributed by atoms with Gasteiger partial charge in [-0.25, -0.2) is 15.2 Å². The summed E-state index contributed by atoms with van der Waals surface area (Å²) in [5, 5.41) is 3.14. The zero-order chi connectivity index (χ0) is 14.5. The van der Waals surface area contributed by atoms with Crippen molar-refractivity contribution >= 4 is 40.5 Å². The molecule has 2 aromatic carbocycles. The molecule has 0 aliphatic rings. The maximum absolute atomic E-state index is 13.1. The van der Waals surface area contributed by atoms with Gasteiger partial charge in [-0.05, 0) is 24.3 Å². The molecule has 0 atom stereocenters. The lowest BCUT2D eigenvalue weighted by Crippen LogP contribution is -2.36. The molecule has 0 amide bonds. The summed E-state index contributed by atoms with van der Waals surface area (Å²) in [7, 11) is 0. The van der Waals surface area contributed by atoms with Gasteiger partial charge in [0.2, 0.25) is 5.96 Å². The molecule has 0 unspecified atom stereocenters. The Kier molecular flexibility index (Phi) is 4.79. The Bertz CT molecular complexity index is 609. The number of guanidine groups is 1. The van der Waals surface area contributed by atoms with Gasteiger partial charge in [-0.3, -0.25) is 5.43 Å². The molecular formula is C13H11Cl2FN4. The Balaban J connectivity index is 2.32. The maximum Gasteiger partial charge on any atom is 0.215 e. The average Bonchev–Trinajstić information content (AvgIpc) is 2.42. The smallest absolute Gasteiger partial charge is 0.215 e. The van der Waals surface area contributed by atoms with E-state index in [1.54, 1.807) is 0 Å². The molecule has 0 aromatic heterocycles. The van der Waals surface area contributed by atoms with Gasteiger partial charge in [-0.2, -0.15) is 0 Å². The van der Waals surface area contributed by atoms with Gasteiger partial charge in [0.1, 0.15) is 11.5 Å². The molecule has 0 fully saturated rings. The van der Waals surface area contributed by atoms with Crippen molar-refractivity contribution in [3.8, 4) is 0 Å². The van der Waals surface area contributed by atoms with Gasteiger partial charge in [0, 0.05) is 5.69 Å². The van der Waals surface area contributed by atoms with Crippen LogP contribution in [0.5, 0.6) is 0 Å². The maximum atomic E-state index is 13.1. The number of hydrogen-bond donors (Lipinski definition) is 3. The minimum atomic E-state index is -0.530. The number of rotatable bonds is 2. The lowest BCUT2D eigenvalue weighted by molar-refractivity contribution is 0.628. The van der Waals surface area contributed by atoms with Crippen molar-refractivity contribution in [2.24, 2.45) is 10.8 Å². The first-order chi connectivity index (χ1) is 9.60. The predicted molar refractivity (Wildman–Crippen MR) is 80.9 cm³/mol. The van der Waals surface area contributed by atoms with Gasteiger partial charge < -0.3 is 5.32 Å². The number of nitrogens with zero attached hydrogens (tertiary/aromatic N) is 1. The highest BCUT2D eigenvalue weighted by Crippen LogP contribution is 2.34. The molecule has 0 spiro atoms. The number of nitrogens with one attached hydrogen (secondary N) is 2. The van der Waals surface area contributed by atoms with E-state index in [0.29, 0.717) is 0 Å². The van der Waals surface area contributed by atoms with Gasteiger partial charge in [-0.1, -0.05) is 41.4 Å². The summed E-state index contributed by atoms with van der Waals surface area (Å²) >= 11 is 11.8. The summed E-state index contributed by atoms with van der Waals surface area (Å²) in [5.74, 6) is 5.09. The van der Waals surface area contributed by atoms with E-state index >= 15 is 0 Å². The number of halogens is 3. The standard InChI is InChI=1S/C13H11Cl2FN4/c14-10-6-8(16)7-11(15)12(10)19-13(20-17)18-9-4-2-1-3-5-9/h1-7H,17H2,(H2,18,19,20). The molecule has 0 saturated carbocycles. The highest BCUT2D eigenvalue weighted by molar-refractivity contribution is 6.39. The van der Waals surface area contributed by atoms with Crippen LogP contribution in [0.4, 0.5) is 15.8 Å². The van der Waals surface area contributed by atoms with Crippen LogP contribution in [0.25, 0.3) is 0 Å². The molecule has 0 aliphatic heterocycles. The number of aliphatic imine (C=N–C) groups is 1. The first-order valence-electron chi connectivity index (χ1n) is 5.62. The summed E-state index contributed by atoms with van der Waals surface area (Å²) in [6.07, 6.45) is 0. The second-order valence-corrected chi connectivity index (χ2v) is 4.63. The molecule has 20 heavy (non-hydrogen) atoms. The minimum absolute atomic E-state index is 0.0950. The number of anilines is 1. The van der Waals surface area contributed by atoms with Gasteiger partial charge in [0.15, 0.2) is 0 Å². The van der Waals surface area contributed by atoms with E-state index in [-0.39, 0.29) is 21.7 Å². The molecule has 2 rings (SSSR count). The molecule has 0 aliphatic carbocycles. The van der Waals surface area contributed by atoms with Gasteiger partial charge >= 0.3 is 0 Å². The van der Waals surface area contributed by atoms with Gasteiger partial charge in [0.05, 0.1) is 10.0 Å². The topological polar surface area (TPSA) is 62.4 Å². The first kappa shape index (κ1) is 14.6. The van der Waals surface area contributed by atoms with E-state index in [4.69, 9.17) is 29.0 Å². The largest absolute Gasteiger partial charge is 0.325 e. The normalized spacial score (nSPS) is 11.3. The van der Waals surface area contributed by atoms with Gasteiger partial charge in [0.25, 0.3) is 0 Å². The van der Waals surface area contributed by atoms with Crippen LogP contribution in [0.1, 0.15) is 0 Å². The monoisotopic (exact) mass is 312 g/mol. The molecule has 0 radical (unpaired) electrons. The Morgan fingerprint density at radius 1 is 1.10 bits per heavy atom. The van der Waals surface area contributed by atoms with Crippen molar-refractivity contribution < 1.29 is 4.39 Å². The number of para-hydroxylation sites is 1. The van der Waals surface area contributed by atoms with Crippen LogP contribution in [-0.4, -0.2) is 5.96 Å². The zero-order valence-electron chi connectivity index (χ0n) is 10.2. The van der Waals surface area contributed by atoms with Crippen LogP contribution in [0, 0.1) is 5.82 Å². The van der Waals surface area contributed by atoms with Crippen molar-refractivity contribution in [3.63, 3.8) is 0 Å². The SMILES string of the molecule is NNC(=Nc1c(Cl)cc(F)cc1Cl)Nc1ccccc1. The fourth-order valence-electron chi connectivity index (χ4n) is 1.51. The number of hydrazine groups is 1.